The molecule has 0 aliphatic carbocycles. The summed E-state index contributed by atoms with van der Waals surface area (Å²) in [6.07, 6.45) is -0.543. The molecule has 82 valence electrons. The van der Waals surface area contributed by atoms with Gasteiger partial charge in [-0.2, -0.15) is 0 Å². The van der Waals surface area contributed by atoms with Gasteiger partial charge in [0.2, 0.25) is 0 Å². The Bertz CT molecular complexity index is 360. The summed E-state index contributed by atoms with van der Waals surface area (Å²) in [5, 5.41) is 3.98. The number of carbonyl (C=O) groups is 1. The molecule has 6 heteroatoms. The lowest BCUT2D eigenvalue weighted by molar-refractivity contribution is 0.169. The summed E-state index contributed by atoms with van der Waals surface area (Å²) in [5.74, 6) is 0. The van der Waals surface area contributed by atoms with E-state index in [0.717, 1.165) is 0 Å². The summed E-state index contributed by atoms with van der Waals surface area (Å²) >= 11 is 14.7. The van der Waals surface area contributed by atoms with Crippen LogP contribution in [0, 0.1) is 0 Å². The monoisotopic (exact) mass is 311 g/mol. The van der Waals surface area contributed by atoms with Crippen molar-refractivity contribution >= 4 is 50.9 Å². The van der Waals surface area contributed by atoms with Gasteiger partial charge in [-0.25, -0.2) is 4.79 Å². The van der Waals surface area contributed by atoms with Gasteiger partial charge in [0.25, 0.3) is 0 Å². The van der Waals surface area contributed by atoms with Crippen molar-refractivity contribution in [3.05, 3.63) is 28.2 Å². The number of anilines is 1. The third-order valence-corrected chi connectivity index (χ3v) is 2.35. The van der Waals surface area contributed by atoms with Crippen molar-refractivity contribution in [1.29, 1.82) is 0 Å². The molecule has 1 aromatic rings. The first-order valence-electron chi connectivity index (χ1n) is 4.08. The fourth-order valence-corrected chi connectivity index (χ4v) is 1.49. The van der Waals surface area contributed by atoms with E-state index < -0.39 is 6.09 Å². The minimum Gasteiger partial charge on any atom is -0.448 e. The second kappa shape index (κ2) is 6.20. The molecule has 1 aromatic carbocycles. The van der Waals surface area contributed by atoms with Crippen LogP contribution < -0.4 is 5.32 Å². The van der Waals surface area contributed by atoms with E-state index >= 15 is 0 Å². The summed E-state index contributed by atoms with van der Waals surface area (Å²) < 4.78 is 4.79. The van der Waals surface area contributed by atoms with E-state index in [-0.39, 0.29) is 0 Å². The Labute approximate surface area is 106 Å². The van der Waals surface area contributed by atoms with Crippen molar-refractivity contribution in [2.75, 3.05) is 17.3 Å². The minimum absolute atomic E-state index is 0.303. The predicted molar refractivity (Wildman–Crippen MR) is 65.2 cm³/mol. The Kier molecular flexibility index (Phi) is 5.22. The maximum Gasteiger partial charge on any atom is 0.411 e. The lowest BCUT2D eigenvalue weighted by Gasteiger charge is -2.07. The first-order valence-corrected chi connectivity index (χ1v) is 5.96. The molecule has 0 heterocycles. The second-order valence-corrected chi connectivity index (χ2v) is 4.21. The zero-order valence-electron chi connectivity index (χ0n) is 7.60. The van der Waals surface area contributed by atoms with Crippen LogP contribution in [0.15, 0.2) is 18.2 Å². The first kappa shape index (κ1) is 12.6. The molecule has 0 aromatic heterocycles. The molecule has 0 aliphatic rings. The molecule has 1 amide bonds. The average molecular weight is 313 g/mol. The molecule has 1 rings (SSSR count). The molecule has 0 saturated carbocycles. The summed E-state index contributed by atoms with van der Waals surface area (Å²) in [6, 6.07) is 4.79. The average Bonchev–Trinajstić information content (AvgIpc) is 2.19. The standard InChI is InChI=1S/C9H8BrCl2NO2/c10-3-4-15-9(14)13-8-2-1-6(11)5-7(8)12/h1-2,5H,3-4H2,(H,13,14). The highest BCUT2D eigenvalue weighted by molar-refractivity contribution is 9.09. The predicted octanol–water partition coefficient (Wildman–Crippen LogP) is 3.94. The molecule has 0 unspecified atom stereocenters. The smallest absolute Gasteiger partial charge is 0.411 e. The fraction of sp³-hybridized carbons (Fsp3) is 0.222. The number of hydrogen-bond donors (Lipinski definition) is 1. The Morgan fingerprint density at radius 1 is 1.47 bits per heavy atom. The molecule has 0 aliphatic heterocycles. The highest BCUT2D eigenvalue weighted by atomic mass is 79.9. The van der Waals surface area contributed by atoms with Gasteiger partial charge in [-0.05, 0) is 18.2 Å². The van der Waals surface area contributed by atoms with Gasteiger partial charge >= 0.3 is 6.09 Å². The molecule has 1 N–H and O–H groups in total. The molecule has 0 spiro atoms. The van der Waals surface area contributed by atoms with Gasteiger partial charge in [0.05, 0.1) is 10.7 Å². The molecule has 0 atom stereocenters. The van der Waals surface area contributed by atoms with Gasteiger partial charge in [0.1, 0.15) is 6.61 Å². The van der Waals surface area contributed by atoms with Crippen LogP contribution in [0.2, 0.25) is 10.0 Å². The van der Waals surface area contributed by atoms with E-state index in [4.69, 9.17) is 27.9 Å². The van der Waals surface area contributed by atoms with E-state index in [1.54, 1.807) is 18.2 Å². The molecule has 3 nitrogen and oxygen atoms in total. The number of ether oxygens (including phenoxy) is 1. The normalized spacial score (nSPS) is 9.80. The number of alkyl halides is 1. The van der Waals surface area contributed by atoms with Crippen LogP contribution in [0.5, 0.6) is 0 Å². The van der Waals surface area contributed by atoms with Crippen molar-refractivity contribution < 1.29 is 9.53 Å². The summed E-state index contributed by atoms with van der Waals surface area (Å²) in [4.78, 5) is 11.2. The van der Waals surface area contributed by atoms with Crippen LogP contribution >= 0.6 is 39.1 Å². The van der Waals surface area contributed by atoms with Crippen LogP contribution in [-0.2, 0) is 4.74 Å². The lowest BCUT2D eigenvalue weighted by atomic mass is 10.3. The fourth-order valence-electron chi connectivity index (χ4n) is 0.868. The molecular formula is C9H8BrCl2NO2. The first-order chi connectivity index (χ1) is 7.13. The van der Waals surface area contributed by atoms with Gasteiger partial charge in [-0.15, -0.1) is 0 Å². The van der Waals surface area contributed by atoms with E-state index in [2.05, 4.69) is 21.2 Å². The van der Waals surface area contributed by atoms with Crippen LogP contribution in [0.4, 0.5) is 10.5 Å². The van der Waals surface area contributed by atoms with Crippen LogP contribution in [0.3, 0.4) is 0 Å². The van der Waals surface area contributed by atoms with Crippen LogP contribution in [-0.4, -0.2) is 18.0 Å². The number of rotatable bonds is 3. The third-order valence-electron chi connectivity index (χ3n) is 1.48. The van der Waals surface area contributed by atoms with Gasteiger partial charge in [-0.1, -0.05) is 39.1 Å². The van der Waals surface area contributed by atoms with E-state index in [9.17, 15) is 4.79 Å². The maximum absolute atomic E-state index is 11.2. The van der Waals surface area contributed by atoms with Gasteiger partial charge in [-0.3, -0.25) is 5.32 Å². The Morgan fingerprint density at radius 3 is 2.80 bits per heavy atom. The van der Waals surface area contributed by atoms with Crippen molar-refractivity contribution in [3.63, 3.8) is 0 Å². The van der Waals surface area contributed by atoms with Crippen molar-refractivity contribution in [2.24, 2.45) is 0 Å². The van der Waals surface area contributed by atoms with E-state index in [0.29, 0.717) is 27.7 Å². The number of amides is 1. The number of hydrogen-bond acceptors (Lipinski definition) is 2. The van der Waals surface area contributed by atoms with Crippen molar-refractivity contribution in [2.45, 2.75) is 0 Å². The summed E-state index contributed by atoms with van der Waals surface area (Å²) in [6.45, 7) is 0.303. The Morgan fingerprint density at radius 2 is 2.20 bits per heavy atom. The molecule has 15 heavy (non-hydrogen) atoms. The molecule has 0 saturated heterocycles. The molecule has 0 radical (unpaired) electrons. The number of halogens is 3. The highest BCUT2D eigenvalue weighted by Gasteiger charge is 2.06. The van der Waals surface area contributed by atoms with Gasteiger partial charge in [0.15, 0.2) is 0 Å². The summed E-state index contributed by atoms with van der Waals surface area (Å²) in [7, 11) is 0. The topological polar surface area (TPSA) is 38.3 Å². The molecule has 0 bridgehead atoms. The van der Waals surface area contributed by atoms with Gasteiger partial charge in [0, 0.05) is 10.4 Å². The quantitative estimate of drug-likeness (QED) is 0.859. The van der Waals surface area contributed by atoms with Crippen LogP contribution in [0.1, 0.15) is 0 Å². The number of benzene rings is 1. The summed E-state index contributed by atoms with van der Waals surface area (Å²) in [5.41, 5.74) is 0.473. The molecular weight excluding hydrogens is 305 g/mol. The SMILES string of the molecule is O=C(Nc1ccc(Cl)cc1Cl)OCCBr. The lowest BCUT2D eigenvalue weighted by Crippen LogP contribution is -2.14. The second-order valence-electron chi connectivity index (χ2n) is 2.57. The zero-order valence-corrected chi connectivity index (χ0v) is 10.7. The van der Waals surface area contributed by atoms with Gasteiger partial charge < -0.3 is 4.74 Å². The van der Waals surface area contributed by atoms with E-state index in [1.807, 2.05) is 0 Å². The largest absolute Gasteiger partial charge is 0.448 e. The highest BCUT2D eigenvalue weighted by Crippen LogP contribution is 2.25. The van der Waals surface area contributed by atoms with Crippen LogP contribution in [0.25, 0.3) is 0 Å². The number of nitrogens with one attached hydrogen (secondary N) is 1. The minimum atomic E-state index is -0.543. The maximum atomic E-state index is 11.2. The Hall–Kier alpha value is -0.450. The number of carbonyl (C=O) groups excluding carboxylic acids is 1. The molecule has 0 fully saturated rings. The van der Waals surface area contributed by atoms with Crippen molar-refractivity contribution in [1.82, 2.24) is 0 Å². The Balaban J connectivity index is 2.60. The third kappa shape index (κ3) is 4.28. The van der Waals surface area contributed by atoms with E-state index in [1.165, 1.54) is 0 Å². The van der Waals surface area contributed by atoms with Crippen molar-refractivity contribution in [3.8, 4) is 0 Å². The zero-order chi connectivity index (χ0) is 11.3.